The van der Waals surface area contributed by atoms with Crippen molar-refractivity contribution in [2.24, 2.45) is 0 Å². The molecule has 0 aliphatic heterocycles. The van der Waals surface area contributed by atoms with Gasteiger partial charge in [-0.3, -0.25) is 4.72 Å². The molecule has 0 saturated carbocycles. The molecule has 1 aromatic carbocycles. The fraction of sp³-hybridized carbons (Fsp3) is 0.400. The molecule has 1 N–H and O–H groups in total. The number of carbonyl (C=O) groups excluding carboxylic acids is 1. The maximum Gasteiger partial charge on any atom is 0.335 e. The number of hydrogen-bond donors (Lipinski definition) is 1. The molecule has 2 rings (SSSR count). The molecule has 0 bridgehead atoms. The number of benzene rings is 1. The van der Waals surface area contributed by atoms with Crippen LogP contribution in [-0.2, 0) is 19.6 Å². The highest BCUT2D eigenvalue weighted by atomic mass is 35.5. The molecule has 8 heteroatoms. The predicted molar refractivity (Wildman–Crippen MR) is 91.4 cm³/mol. The number of nitrogens with one attached hydrogen (secondary N) is 1. The lowest BCUT2D eigenvalue weighted by Gasteiger charge is -2.24. The molecule has 1 aliphatic carbocycles. The van der Waals surface area contributed by atoms with E-state index in [2.05, 4.69) is 4.72 Å². The first-order valence-corrected chi connectivity index (χ1v) is 9.49. The molecule has 1 atom stereocenters. The standard InChI is InChI=1S/C15H17Cl2NO4S/c1-2-22-15(19)11-5-3-4-6-14(11)23(20,21)18-13-8-7-10(16)9-12(13)17/h5,7-9,14,18H,2-4,6H2,1H3. The molecule has 1 aliphatic rings. The number of rotatable bonds is 5. The number of carbonyl (C=O) groups is 1. The van der Waals surface area contributed by atoms with Crippen molar-refractivity contribution in [3.8, 4) is 0 Å². The van der Waals surface area contributed by atoms with Gasteiger partial charge in [-0.25, -0.2) is 13.2 Å². The van der Waals surface area contributed by atoms with E-state index in [0.717, 1.165) is 0 Å². The summed E-state index contributed by atoms with van der Waals surface area (Å²) in [6, 6.07) is 4.47. The fourth-order valence-corrected chi connectivity index (χ4v) is 4.54. The van der Waals surface area contributed by atoms with Crippen LogP contribution in [0.2, 0.25) is 10.0 Å². The summed E-state index contributed by atoms with van der Waals surface area (Å²) >= 11 is 11.8. The number of halogens is 2. The van der Waals surface area contributed by atoms with Crippen molar-refractivity contribution >= 4 is 44.9 Å². The van der Waals surface area contributed by atoms with Gasteiger partial charge in [0, 0.05) is 5.02 Å². The minimum Gasteiger partial charge on any atom is -0.463 e. The Kier molecular flexibility index (Phi) is 5.95. The summed E-state index contributed by atoms with van der Waals surface area (Å²) < 4.78 is 32.7. The number of hydrogen-bond acceptors (Lipinski definition) is 4. The summed E-state index contributed by atoms with van der Waals surface area (Å²) in [7, 11) is -3.83. The number of sulfonamides is 1. The van der Waals surface area contributed by atoms with E-state index in [-0.39, 0.29) is 22.9 Å². The van der Waals surface area contributed by atoms with Gasteiger partial charge in [-0.15, -0.1) is 0 Å². The molecule has 0 amide bonds. The number of allylic oxidation sites excluding steroid dienone is 1. The SMILES string of the molecule is CCOC(=O)C1=CCCCC1S(=O)(=O)Nc1ccc(Cl)cc1Cl. The Morgan fingerprint density at radius 3 is 2.78 bits per heavy atom. The van der Waals surface area contributed by atoms with Gasteiger partial charge >= 0.3 is 5.97 Å². The first-order chi connectivity index (χ1) is 10.8. The largest absolute Gasteiger partial charge is 0.463 e. The van der Waals surface area contributed by atoms with E-state index in [0.29, 0.717) is 24.3 Å². The summed E-state index contributed by atoms with van der Waals surface area (Å²) in [6.45, 7) is 1.87. The molecule has 0 spiro atoms. The molecule has 0 saturated heterocycles. The van der Waals surface area contributed by atoms with Crippen LogP contribution in [0.5, 0.6) is 0 Å². The van der Waals surface area contributed by atoms with Crippen molar-refractivity contribution in [2.45, 2.75) is 31.4 Å². The molecule has 0 fully saturated rings. The van der Waals surface area contributed by atoms with Crippen LogP contribution < -0.4 is 4.72 Å². The van der Waals surface area contributed by atoms with Crippen molar-refractivity contribution in [3.63, 3.8) is 0 Å². The van der Waals surface area contributed by atoms with Gasteiger partial charge in [-0.2, -0.15) is 0 Å². The molecule has 23 heavy (non-hydrogen) atoms. The average molecular weight is 378 g/mol. The first-order valence-electron chi connectivity index (χ1n) is 7.19. The predicted octanol–water partition coefficient (Wildman–Crippen LogP) is 3.78. The fourth-order valence-electron chi connectivity index (χ4n) is 2.40. The van der Waals surface area contributed by atoms with Gasteiger partial charge in [0.15, 0.2) is 0 Å². The smallest absolute Gasteiger partial charge is 0.335 e. The van der Waals surface area contributed by atoms with Crippen molar-refractivity contribution in [3.05, 3.63) is 39.9 Å². The normalized spacial score (nSPS) is 18.2. The zero-order chi connectivity index (χ0) is 17.0. The van der Waals surface area contributed by atoms with Crippen LogP contribution in [0.25, 0.3) is 0 Å². The molecule has 5 nitrogen and oxygen atoms in total. The summed E-state index contributed by atoms with van der Waals surface area (Å²) in [5.41, 5.74) is 0.403. The van der Waals surface area contributed by atoms with Gasteiger partial charge in [0.1, 0.15) is 5.25 Å². The Morgan fingerprint density at radius 2 is 2.13 bits per heavy atom. The minimum absolute atomic E-state index is 0.177. The van der Waals surface area contributed by atoms with Crippen LogP contribution in [0.1, 0.15) is 26.2 Å². The Labute approximate surface area is 145 Å². The quantitative estimate of drug-likeness (QED) is 0.792. The van der Waals surface area contributed by atoms with Crippen LogP contribution >= 0.6 is 23.2 Å². The maximum absolute atomic E-state index is 12.7. The highest BCUT2D eigenvalue weighted by Gasteiger charge is 2.35. The third kappa shape index (κ3) is 4.40. The van der Waals surface area contributed by atoms with Crippen LogP contribution in [0, 0.1) is 0 Å². The molecule has 0 radical (unpaired) electrons. The summed E-state index contributed by atoms with van der Waals surface area (Å²) in [5.74, 6) is -0.593. The van der Waals surface area contributed by atoms with Gasteiger partial charge in [-0.05, 0) is 44.4 Å². The van der Waals surface area contributed by atoms with Gasteiger partial charge < -0.3 is 4.74 Å². The second kappa shape index (κ2) is 7.55. The third-order valence-corrected chi connectivity index (χ3v) is 5.74. The highest BCUT2D eigenvalue weighted by molar-refractivity contribution is 7.93. The lowest BCUT2D eigenvalue weighted by Crippen LogP contribution is -2.34. The van der Waals surface area contributed by atoms with Crippen LogP contribution in [0.3, 0.4) is 0 Å². The second-order valence-corrected chi connectivity index (χ2v) is 7.78. The van der Waals surface area contributed by atoms with Crippen molar-refractivity contribution < 1.29 is 17.9 Å². The van der Waals surface area contributed by atoms with Crippen molar-refractivity contribution in [1.82, 2.24) is 0 Å². The van der Waals surface area contributed by atoms with E-state index in [1.165, 1.54) is 18.2 Å². The number of esters is 1. The molecule has 126 valence electrons. The number of ether oxygens (including phenoxy) is 1. The van der Waals surface area contributed by atoms with Crippen molar-refractivity contribution in [1.29, 1.82) is 0 Å². The van der Waals surface area contributed by atoms with Crippen LogP contribution in [0.4, 0.5) is 5.69 Å². The minimum atomic E-state index is -3.83. The van der Waals surface area contributed by atoms with E-state index < -0.39 is 21.2 Å². The Balaban J connectivity index is 2.28. The molecular formula is C15H17Cl2NO4S. The Morgan fingerprint density at radius 1 is 1.39 bits per heavy atom. The first kappa shape index (κ1) is 18.1. The molecule has 1 aromatic rings. The Bertz CT molecular complexity index is 731. The lowest BCUT2D eigenvalue weighted by atomic mass is 9.99. The van der Waals surface area contributed by atoms with E-state index in [9.17, 15) is 13.2 Å². The van der Waals surface area contributed by atoms with E-state index in [1.54, 1.807) is 13.0 Å². The van der Waals surface area contributed by atoms with Crippen LogP contribution in [0.15, 0.2) is 29.8 Å². The van der Waals surface area contributed by atoms with Crippen LogP contribution in [-0.4, -0.2) is 26.2 Å². The zero-order valence-electron chi connectivity index (χ0n) is 12.5. The van der Waals surface area contributed by atoms with E-state index >= 15 is 0 Å². The number of anilines is 1. The molecule has 1 unspecified atom stereocenters. The summed E-state index contributed by atoms with van der Waals surface area (Å²) in [4.78, 5) is 12.0. The van der Waals surface area contributed by atoms with E-state index in [1.807, 2.05) is 0 Å². The van der Waals surface area contributed by atoms with E-state index in [4.69, 9.17) is 27.9 Å². The highest BCUT2D eigenvalue weighted by Crippen LogP contribution is 2.31. The molecule has 0 aromatic heterocycles. The van der Waals surface area contributed by atoms with Crippen molar-refractivity contribution in [2.75, 3.05) is 11.3 Å². The monoisotopic (exact) mass is 377 g/mol. The summed E-state index contributed by atoms with van der Waals surface area (Å²) in [6.07, 6.45) is 3.32. The average Bonchev–Trinajstić information content (AvgIpc) is 2.50. The Hall–Kier alpha value is -1.24. The topological polar surface area (TPSA) is 72.5 Å². The molecule has 0 heterocycles. The summed E-state index contributed by atoms with van der Waals surface area (Å²) in [5, 5.41) is -0.358. The van der Waals surface area contributed by atoms with Gasteiger partial charge in [-0.1, -0.05) is 29.3 Å². The third-order valence-electron chi connectivity index (χ3n) is 3.45. The lowest BCUT2D eigenvalue weighted by molar-refractivity contribution is -0.138. The van der Waals surface area contributed by atoms with Gasteiger partial charge in [0.25, 0.3) is 0 Å². The van der Waals surface area contributed by atoms with Gasteiger partial charge in [0.05, 0.1) is 22.9 Å². The van der Waals surface area contributed by atoms with Gasteiger partial charge in [0.2, 0.25) is 10.0 Å². The maximum atomic E-state index is 12.7. The molecular weight excluding hydrogens is 361 g/mol. The zero-order valence-corrected chi connectivity index (χ0v) is 14.8. The second-order valence-electron chi connectivity index (χ2n) is 5.07.